The van der Waals surface area contributed by atoms with Crippen LogP contribution in [0.3, 0.4) is 0 Å². The number of fused-ring (bicyclic) bond motifs is 1. The summed E-state index contributed by atoms with van der Waals surface area (Å²) in [5.41, 5.74) is 2.01. The van der Waals surface area contributed by atoms with Crippen LogP contribution in [0.15, 0.2) is 53.1 Å². The molecular weight excluding hydrogens is 378 g/mol. The molecule has 3 aromatic rings. The van der Waals surface area contributed by atoms with Crippen molar-refractivity contribution < 1.29 is 4.74 Å². The Morgan fingerprint density at radius 2 is 1.96 bits per heavy atom. The zero-order chi connectivity index (χ0) is 17.5. The highest BCUT2D eigenvalue weighted by molar-refractivity contribution is 9.10. The number of rotatable bonds is 8. The minimum Gasteiger partial charge on any atom is -0.488 e. The highest BCUT2D eigenvalue weighted by Gasteiger charge is 2.07. The lowest BCUT2D eigenvalue weighted by molar-refractivity contribution is 0.304. The molecule has 0 amide bonds. The van der Waals surface area contributed by atoms with Crippen molar-refractivity contribution in [2.75, 3.05) is 11.9 Å². The Morgan fingerprint density at radius 3 is 2.76 bits per heavy atom. The van der Waals surface area contributed by atoms with E-state index in [2.05, 4.69) is 50.3 Å². The summed E-state index contributed by atoms with van der Waals surface area (Å²) in [6.45, 7) is 3.62. The van der Waals surface area contributed by atoms with Crippen molar-refractivity contribution in [2.24, 2.45) is 0 Å². The van der Waals surface area contributed by atoms with E-state index in [0.717, 1.165) is 39.7 Å². The second-order valence-electron chi connectivity index (χ2n) is 5.94. The molecule has 130 valence electrons. The summed E-state index contributed by atoms with van der Waals surface area (Å²) in [5.74, 6) is 1.45. The molecule has 0 unspecified atom stereocenters. The van der Waals surface area contributed by atoms with Crippen LogP contribution in [-0.4, -0.2) is 16.5 Å². The van der Waals surface area contributed by atoms with Crippen molar-refractivity contribution in [3.8, 4) is 5.75 Å². The van der Waals surface area contributed by atoms with Gasteiger partial charge in [0, 0.05) is 24.2 Å². The van der Waals surface area contributed by atoms with Crippen molar-refractivity contribution in [2.45, 2.75) is 32.8 Å². The Labute approximate surface area is 156 Å². The number of unbranched alkanes of at least 4 members (excludes halogenated alkanes) is 2. The summed E-state index contributed by atoms with van der Waals surface area (Å²) < 4.78 is 6.86. The van der Waals surface area contributed by atoms with Crippen LogP contribution in [-0.2, 0) is 6.61 Å². The molecule has 0 aliphatic carbocycles. The van der Waals surface area contributed by atoms with Gasteiger partial charge in [-0.3, -0.25) is 0 Å². The van der Waals surface area contributed by atoms with Gasteiger partial charge < -0.3 is 10.1 Å². The van der Waals surface area contributed by atoms with Gasteiger partial charge in [-0.05, 0) is 34.0 Å². The van der Waals surface area contributed by atoms with E-state index in [1.54, 1.807) is 0 Å². The van der Waals surface area contributed by atoms with Gasteiger partial charge in [-0.15, -0.1) is 0 Å². The van der Waals surface area contributed by atoms with Crippen molar-refractivity contribution in [3.63, 3.8) is 0 Å². The number of aromatic nitrogens is 2. The number of halogens is 1. The third-order valence-electron chi connectivity index (χ3n) is 3.93. The maximum Gasteiger partial charge on any atom is 0.223 e. The van der Waals surface area contributed by atoms with Crippen LogP contribution in [0, 0.1) is 0 Å². The summed E-state index contributed by atoms with van der Waals surface area (Å²) in [4.78, 5) is 8.99. The lowest BCUT2D eigenvalue weighted by Gasteiger charge is -2.10. The fourth-order valence-electron chi connectivity index (χ4n) is 2.54. The number of hydrogen-bond donors (Lipinski definition) is 1. The first kappa shape index (κ1) is 17.7. The van der Waals surface area contributed by atoms with E-state index in [4.69, 9.17) is 4.74 Å². The van der Waals surface area contributed by atoms with Gasteiger partial charge in [0.05, 0.1) is 9.99 Å². The van der Waals surface area contributed by atoms with Crippen LogP contribution >= 0.6 is 15.9 Å². The molecule has 0 saturated heterocycles. The third kappa shape index (κ3) is 4.92. The van der Waals surface area contributed by atoms with E-state index in [9.17, 15) is 0 Å². The zero-order valence-corrected chi connectivity index (χ0v) is 15.9. The molecule has 0 spiro atoms. The Balaban J connectivity index is 1.73. The summed E-state index contributed by atoms with van der Waals surface area (Å²) in [5, 5.41) is 4.27. The van der Waals surface area contributed by atoms with Crippen LogP contribution in [0.1, 0.15) is 31.7 Å². The molecule has 0 atom stereocenters. The maximum absolute atomic E-state index is 5.96. The summed E-state index contributed by atoms with van der Waals surface area (Å²) in [6.07, 6.45) is 5.39. The van der Waals surface area contributed by atoms with Crippen molar-refractivity contribution in [3.05, 3.63) is 58.7 Å². The highest BCUT2D eigenvalue weighted by Crippen LogP contribution is 2.30. The minimum absolute atomic E-state index is 0.526. The van der Waals surface area contributed by atoms with Gasteiger partial charge in [0.1, 0.15) is 12.4 Å². The maximum atomic E-state index is 5.96. The Morgan fingerprint density at radius 1 is 1.12 bits per heavy atom. The van der Waals surface area contributed by atoms with Gasteiger partial charge in [-0.25, -0.2) is 9.97 Å². The average molecular weight is 400 g/mol. The summed E-state index contributed by atoms with van der Waals surface area (Å²) in [7, 11) is 0. The molecule has 1 N–H and O–H groups in total. The first-order chi connectivity index (χ1) is 12.3. The van der Waals surface area contributed by atoms with Gasteiger partial charge in [-0.2, -0.15) is 0 Å². The van der Waals surface area contributed by atoms with E-state index >= 15 is 0 Å². The second kappa shape index (κ2) is 8.81. The SMILES string of the molecule is CCCCCNc1ncc2cc(Br)c(OCc3ccccc3)cc2n1. The van der Waals surface area contributed by atoms with Crippen molar-refractivity contribution in [1.82, 2.24) is 9.97 Å². The number of ether oxygens (including phenoxy) is 1. The lowest BCUT2D eigenvalue weighted by atomic mass is 10.2. The van der Waals surface area contributed by atoms with Crippen molar-refractivity contribution in [1.29, 1.82) is 0 Å². The van der Waals surface area contributed by atoms with Gasteiger partial charge >= 0.3 is 0 Å². The minimum atomic E-state index is 0.526. The number of nitrogens with one attached hydrogen (secondary N) is 1. The third-order valence-corrected chi connectivity index (χ3v) is 4.55. The fourth-order valence-corrected chi connectivity index (χ4v) is 3.01. The van der Waals surface area contributed by atoms with Crippen LogP contribution in [0.25, 0.3) is 10.9 Å². The first-order valence-electron chi connectivity index (χ1n) is 8.63. The largest absolute Gasteiger partial charge is 0.488 e. The van der Waals surface area contributed by atoms with E-state index in [0.29, 0.717) is 12.6 Å². The standard InChI is InChI=1S/C20H22BrN3O/c1-2-3-7-10-22-20-23-13-16-11-17(21)19(12-18(16)24-20)25-14-15-8-5-4-6-9-15/h4-6,8-9,11-13H,2-3,7,10,14H2,1H3,(H,22,23,24). The topological polar surface area (TPSA) is 47.0 Å². The molecule has 4 nitrogen and oxygen atoms in total. The Hall–Kier alpha value is -2.14. The molecular formula is C20H22BrN3O. The van der Waals surface area contributed by atoms with E-state index < -0.39 is 0 Å². The molecule has 0 aliphatic rings. The number of hydrogen-bond acceptors (Lipinski definition) is 4. The smallest absolute Gasteiger partial charge is 0.223 e. The molecule has 0 saturated carbocycles. The quantitative estimate of drug-likeness (QED) is 0.502. The van der Waals surface area contributed by atoms with Gasteiger partial charge in [0.15, 0.2) is 0 Å². The molecule has 0 fully saturated rings. The lowest BCUT2D eigenvalue weighted by Crippen LogP contribution is -2.05. The average Bonchev–Trinajstić information content (AvgIpc) is 2.64. The molecule has 0 radical (unpaired) electrons. The first-order valence-corrected chi connectivity index (χ1v) is 9.42. The van der Waals surface area contributed by atoms with Crippen LogP contribution < -0.4 is 10.1 Å². The fraction of sp³-hybridized carbons (Fsp3) is 0.300. The van der Waals surface area contributed by atoms with Crippen LogP contribution in [0.4, 0.5) is 5.95 Å². The molecule has 3 rings (SSSR count). The normalized spacial score (nSPS) is 10.8. The number of nitrogens with zero attached hydrogens (tertiary/aromatic N) is 2. The van der Waals surface area contributed by atoms with Crippen molar-refractivity contribution >= 4 is 32.8 Å². The van der Waals surface area contributed by atoms with E-state index in [-0.39, 0.29) is 0 Å². The van der Waals surface area contributed by atoms with Gasteiger partial charge in [0.25, 0.3) is 0 Å². The molecule has 1 heterocycles. The number of benzene rings is 2. The molecule has 5 heteroatoms. The van der Waals surface area contributed by atoms with Crippen LogP contribution in [0.5, 0.6) is 5.75 Å². The second-order valence-corrected chi connectivity index (χ2v) is 6.80. The van der Waals surface area contributed by atoms with Gasteiger partial charge in [-0.1, -0.05) is 50.1 Å². The monoisotopic (exact) mass is 399 g/mol. The van der Waals surface area contributed by atoms with E-state index in [1.165, 1.54) is 12.8 Å². The molecule has 2 aromatic carbocycles. The molecule has 1 aromatic heterocycles. The molecule has 0 bridgehead atoms. The Bertz CT molecular complexity index is 824. The Kier molecular flexibility index (Phi) is 6.23. The predicted molar refractivity (Wildman–Crippen MR) is 106 cm³/mol. The molecule has 0 aliphatic heterocycles. The zero-order valence-electron chi connectivity index (χ0n) is 14.3. The summed E-state index contributed by atoms with van der Waals surface area (Å²) in [6, 6.07) is 14.1. The van der Waals surface area contributed by atoms with E-state index in [1.807, 2.05) is 36.5 Å². The predicted octanol–water partition coefficient (Wildman–Crippen LogP) is 5.57. The number of anilines is 1. The van der Waals surface area contributed by atoms with Crippen LogP contribution in [0.2, 0.25) is 0 Å². The highest BCUT2D eigenvalue weighted by atomic mass is 79.9. The molecule has 25 heavy (non-hydrogen) atoms. The van der Waals surface area contributed by atoms with Gasteiger partial charge in [0.2, 0.25) is 5.95 Å². The summed E-state index contributed by atoms with van der Waals surface area (Å²) >= 11 is 3.57.